The van der Waals surface area contributed by atoms with Crippen LogP contribution >= 0.6 is 0 Å². The highest BCUT2D eigenvalue weighted by Gasteiger charge is 2.14. The monoisotopic (exact) mass is 242 g/mol. The van der Waals surface area contributed by atoms with Crippen LogP contribution in [-0.4, -0.2) is 13.1 Å². The Balaban J connectivity index is 2.22. The fraction of sp³-hybridized carbons (Fsp3) is 0.562. The first-order valence-electron chi connectivity index (χ1n) is 6.98. The highest BCUT2D eigenvalue weighted by Crippen LogP contribution is 2.25. The van der Waals surface area contributed by atoms with E-state index in [1.54, 1.807) is 0 Å². The van der Waals surface area contributed by atoms with Crippen molar-refractivity contribution >= 4 is 5.69 Å². The van der Waals surface area contributed by atoms with Crippen LogP contribution < -0.4 is 4.90 Å². The van der Waals surface area contributed by atoms with E-state index in [-0.39, 0.29) is 0 Å². The van der Waals surface area contributed by atoms with Crippen molar-refractivity contribution in [2.24, 2.45) is 5.92 Å². The second-order valence-electron chi connectivity index (χ2n) is 5.61. The Kier molecular flexibility index (Phi) is 4.25. The van der Waals surface area contributed by atoms with Crippen molar-refractivity contribution in [1.82, 2.24) is 0 Å². The number of hydrogen-bond acceptors (Lipinski definition) is 2. The van der Waals surface area contributed by atoms with E-state index in [0.29, 0.717) is 5.92 Å². The third-order valence-electron chi connectivity index (χ3n) is 3.52. The molecule has 0 aliphatic carbocycles. The maximum Gasteiger partial charge on any atom is 0.101 e. The van der Waals surface area contributed by atoms with Crippen LogP contribution in [0, 0.1) is 17.2 Å². The lowest BCUT2D eigenvalue weighted by atomic mass is 9.99. The van der Waals surface area contributed by atoms with Crippen LogP contribution in [0.3, 0.4) is 0 Å². The summed E-state index contributed by atoms with van der Waals surface area (Å²) in [5.74, 6) is 0.636. The number of piperidine rings is 1. The molecule has 0 spiro atoms. The second kappa shape index (κ2) is 5.91. The van der Waals surface area contributed by atoms with Crippen molar-refractivity contribution in [3.05, 3.63) is 29.3 Å². The van der Waals surface area contributed by atoms with Gasteiger partial charge in [-0.15, -0.1) is 0 Å². The normalized spacial score (nSPS) is 15.8. The predicted octanol–water partition coefficient (Wildman–Crippen LogP) is 3.75. The van der Waals surface area contributed by atoms with Gasteiger partial charge in [-0.25, -0.2) is 0 Å². The van der Waals surface area contributed by atoms with Crippen molar-refractivity contribution in [3.63, 3.8) is 0 Å². The topological polar surface area (TPSA) is 27.0 Å². The Hall–Kier alpha value is -1.49. The summed E-state index contributed by atoms with van der Waals surface area (Å²) in [7, 11) is 0. The minimum absolute atomic E-state index is 0.636. The molecule has 1 aromatic rings. The third-order valence-corrected chi connectivity index (χ3v) is 3.52. The zero-order valence-electron chi connectivity index (χ0n) is 11.4. The van der Waals surface area contributed by atoms with Crippen LogP contribution in [0.1, 0.15) is 44.2 Å². The van der Waals surface area contributed by atoms with Gasteiger partial charge in [0.15, 0.2) is 0 Å². The molecule has 0 N–H and O–H groups in total. The van der Waals surface area contributed by atoms with E-state index in [1.165, 1.54) is 24.8 Å². The summed E-state index contributed by atoms with van der Waals surface area (Å²) in [5, 5.41) is 9.33. The van der Waals surface area contributed by atoms with Gasteiger partial charge in [0.05, 0.1) is 11.3 Å². The summed E-state index contributed by atoms with van der Waals surface area (Å²) in [6.45, 7) is 6.62. The number of rotatable bonds is 3. The highest BCUT2D eigenvalue weighted by molar-refractivity contribution is 5.60. The first-order chi connectivity index (χ1) is 8.70. The molecule has 0 saturated carbocycles. The molecular weight excluding hydrogens is 220 g/mol. The van der Waals surface area contributed by atoms with Gasteiger partial charge in [0, 0.05) is 13.1 Å². The fourth-order valence-electron chi connectivity index (χ4n) is 2.68. The average molecular weight is 242 g/mol. The SMILES string of the molecule is CC(C)Cc1ccc(N2CCCCC2)c(C#N)c1. The molecule has 1 fully saturated rings. The summed E-state index contributed by atoms with van der Waals surface area (Å²) in [4.78, 5) is 2.36. The van der Waals surface area contributed by atoms with Crippen LogP contribution in [-0.2, 0) is 6.42 Å². The van der Waals surface area contributed by atoms with Gasteiger partial charge in [0.2, 0.25) is 0 Å². The average Bonchev–Trinajstić information content (AvgIpc) is 2.39. The van der Waals surface area contributed by atoms with Gasteiger partial charge in [0.25, 0.3) is 0 Å². The highest BCUT2D eigenvalue weighted by atomic mass is 15.1. The van der Waals surface area contributed by atoms with E-state index in [0.717, 1.165) is 30.8 Å². The summed E-state index contributed by atoms with van der Waals surface area (Å²) in [5.41, 5.74) is 3.25. The fourth-order valence-corrected chi connectivity index (χ4v) is 2.68. The summed E-state index contributed by atoms with van der Waals surface area (Å²) >= 11 is 0. The van der Waals surface area contributed by atoms with Gasteiger partial charge in [-0.3, -0.25) is 0 Å². The lowest BCUT2D eigenvalue weighted by Crippen LogP contribution is -2.30. The van der Waals surface area contributed by atoms with Crippen molar-refractivity contribution < 1.29 is 0 Å². The molecule has 1 heterocycles. The molecule has 1 aromatic carbocycles. The molecule has 2 heteroatoms. The molecule has 0 radical (unpaired) electrons. The molecule has 1 aliphatic heterocycles. The number of hydrogen-bond donors (Lipinski definition) is 0. The van der Waals surface area contributed by atoms with Gasteiger partial charge in [-0.05, 0) is 49.3 Å². The standard InChI is InChI=1S/C16H22N2/c1-13(2)10-14-6-7-16(15(11-14)12-17)18-8-4-3-5-9-18/h6-7,11,13H,3-5,8-10H2,1-2H3. The largest absolute Gasteiger partial charge is 0.370 e. The first kappa shape index (κ1) is 13.0. The molecule has 18 heavy (non-hydrogen) atoms. The van der Waals surface area contributed by atoms with E-state index < -0.39 is 0 Å². The number of anilines is 1. The van der Waals surface area contributed by atoms with Crippen LogP contribution in [0.25, 0.3) is 0 Å². The minimum Gasteiger partial charge on any atom is -0.370 e. The summed E-state index contributed by atoms with van der Waals surface area (Å²) < 4.78 is 0. The Morgan fingerprint density at radius 1 is 1.22 bits per heavy atom. The lowest BCUT2D eigenvalue weighted by molar-refractivity contribution is 0.577. The smallest absolute Gasteiger partial charge is 0.101 e. The van der Waals surface area contributed by atoms with Crippen molar-refractivity contribution in [3.8, 4) is 6.07 Å². The number of nitrogens with zero attached hydrogens (tertiary/aromatic N) is 2. The quantitative estimate of drug-likeness (QED) is 0.807. The maximum absolute atomic E-state index is 9.33. The van der Waals surface area contributed by atoms with Crippen molar-refractivity contribution in [2.45, 2.75) is 39.5 Å². The summed E-state index contributed by atoms with van der Waals surface area (Å²) in [6.07, 6.45) is 4.87. The molecule has 1 aliphatic rings. The molecule has 2 nitrogen and oxygen atoms in total. The Bertz CT molecular complexity index is 437. The second-order valence-corrected chi connectivity index (χ2v) is 5.61. The van der Waals surface area contributed by atoms with Crippen LogP contribution in [0.15, 0.2) is 18.2 Å². The Morgan fingerprint density at radius 2 is 1.94 bits per heavy atom. The Labute approximate surface area is 110 Å². The van der Waals surface area contributed by atoms with Gasteiger partial charge < -0.3 is 4.90 Å². The summed E-state index contributed by atoms with van der Waals surface area (Å²) in [6, 6.07) is 8.76. The van der Waals surface area contributed by atoms with Crippen molar-refractivity contribution in [1.29, 1.82) is 5.26 Å². The van der Waals surface area contributed by atoms with E-state index >= 15 is 0 Å². The van der Waals surface area contributed by atoms with E-state index in [4.69, 9.17) is 0 Å². The number of benzene rings is 1. The molecule has 1 saturated heterocycles. The van der Waals surface area contributed by atoms with Gasteiger partial charge in [-0.1, -0.05) is 19.9 Å². The van der Waals surface area contributed by atoms with Crippen LogP contribution in [0.5, 0.6) is 0 Å². The third kappa shape index (κ3) is 3.04. The van der Waals surface area contributed by atoms with Crippen LogP contribution in [0.2, 0.25) is 0 Å². The van der Waals surface area contributed by atoms with Crippen LogP contribution in [0.4, 0.5) is 5.69 Å². The van der Waals surface area contributed by atoms with Gasteiger partial charge >= 0.3 is 0 Å². The maximum atomic E-state index is 9.33. The molecule has 96 valence electrons. The predicted molar refractivity (Wildman–Crippen MR) is 75.8 cm³/mol. The van der Waals surface area contributed by atoms with E-state index in [9.17, 15) is 5.26 Å². The molecule has 0 bridgehead atoms. The Morgan fingerprint density at radius 3 is 2.56 bits per heavy atom. The molecule has 0 aromatic heterocycles. The number of nitriles is 1. The molecule has 2 rings (SSSR count). The zero-order valence-corrected chi connectivity index (χ0v) is 11.4. The van der Waals surface area contributed by atoms with Crippen molar-refractivity contribution in [2.75, 3.05) is 18.0 Å². The lowest BCUT2D eigenvalue weighted by Gasteiger charge is -2.29. The zero-order chi connectivity index (χ0) is 13.0. The van der Waals surface area contributed by atoms with E-state index in [1.807, 2.05) is 0 Å². The molecule has 0 amide bonds. The van der Waals surface area contributed by atoms with Gasteiger partial charge in [-0.2, -0.15) is 5.26 Å². The van der Waals surface area contributed by atoms with Gasteiger partial charge in [0.1, 0.15) is 6.07 Å². The molecular formula is C16H22N2. The molecule has 0 atom stereocenters. The minimum atomic E-state index is 0.636. The first-order valence-corrected chi connectivity index (χ1v) is 6.98. The van der Waals surface area contributed by atoms with E-state index in [2.05, 4.69) is 43.0 Å². The molecule has 0 unspecified atom stereocenters.